The first-order valence-corrected chi connectivity index (χ1v) is 7.32. The van der Waals surface area contributed by atoms with Crippen molar-refractivity contribution in [2.24, 2.45) is 5.73 Å². The third kappa shape index (κ3) is 2.82. The molecule has 106 valence electrons. The average Bonchev–Trinajstić information content (AvgIpc) is 2.63. The SMILES string of the molecule is CCC1CN(C)CCCN1c1snc(N)c1C(N)=O. The maximum absolute atomic E-state index is 11.6. The summed E-state index contributed by atoms with van der Waals surface area (Å²) < 4.78 is 4.09. The van der Waals surface area contributed by atoms with Crippen LogP contribution in [0, 0.1) is 0 Å². The van der Waals surface area contributed by atoms with Gasteiger partial charge in [0.25, 0.3) is 5.91 Å². The van der Waals surface area contributed by atoms with Crippen LogP contribution in [-0.2, 0) is 0 Å². The van der Waals surface area contributed by atoms with Gasteiger partial charge in [-0.2, -0.15) is 4.37 Å². The Morgan fingerprint density at radius 3 is 2.89 bits per heavy atom. The van der Waals surface area contributed by atoms with E-state index in [2.05, 4.69) is 28.1 Å². The molecule has 1 aromatic rings. The summed E-state index contributed by atoms with van der Waals surface area (Å²) in [6, 6.07) is 0.366. The molecular formula is C12H21N5OS. The number of carbonyl (C=O) groups excluding carboxylic acids is 1. The predicted molar refractivity (Wildman–Crippen MR) is 78.6 cm³/mol. The minimum atomic E-state index is -0.492. The van der Waals surface area contributed by atoms with Gasteiger partial charge in [0.15, 0.2) is 5.82 Å². The van der Waals surface area contributed by atoms with E-state index in [1.807, 2.05) is 0 Å². The molecule has 6 nitrogen and oxygen atoms in total. The van der Waals surface area contributed by atoms with Crippen LogP contribution >= 0.6 is 11.5 Å². The molecule has 0 radical (unpaired) electrons. The molecule has 1 atom stereocenters. The van der Waals surface area contributed by atoms with E-state index in [4.69, 9.17) is 11.5 Å². The molecule has 4 N–H and O–H groups in total. The minimum Gasteiger partial charge on any atom is -0.382 e. The number of hydrogen-bond donors (Lipinski definition) is 2. The first-order chi connectivity index (χ1) is 9.04. The summed E-state index contributed by atoms with van der Waals surface area (Å²) in [6.45, 7) is 5.11. The highest BCUT2D eigenvalue weighted by molar-refractivity contribution is 7.11. The summed E-state index contributed by atoms with van der Waals surface area (Å²) in [5, 5.41) is 0.826. The van der Waals surface area contributed by atoms with Gasteiger partial charge in [-0.05, 0) is 38.0 Å². The smallest absolute Gasteiger partial charge is 0.255 e. The fourth-order valence-corrected chi connectivity index (χ4v) is 3.50. The number of nitrogen functional groups attached to an aromatic ring is 1. The zero-order valence-electron chi connectivity index (χ0n) is 11.4. The van der Waals surface area contributed by atoms with Gasteiger partial charge in [0.1, 0.15) is 10.6 Å². The molecular weight excluding hydrogens is 262 g/mol. The second kappa shape index (κ2) is 5.75. The number of rotatable bonds is 3. The van der Waals surface area contributed by atoms with Crippen molar-refractivity contribution in [2.45, 2.75) is 25.8 Å². The molecule has 1 aliphatic rings. The second-order valence-electron chi connectivity index (χ2n) is 4.98. The molecule has 0 aromatic carbocycles. The molecule has 19 heavy (non-hydrogen) atoms. The van der Waals surface area contributed by atoms with Crippen molar-refractivity contribution in [3.63, 3.8) is 0 Å². The lowest BCUT2D eigenvalue weighted by Crippen LogP contribution is -2.40. The van der Waals surface area contributed by atoms with Crippen molar-refractivity contribution in [1.29, 1.82) is 0 Å². The highest BCUT2D eigenvalue weighted by atomic mass is 32.1. The van der Waals surface area contributed by atoms with Gasteiger partial charge in [-0.1, -0.05) is 6.92 Å². The van der Waals surface area contributed by atoms with E-state index in [9.17, 15) is 4.79 Å². The summed E-state index contributed by atoms with van der Waals surface area (Å²) in [7, 11) is 2.13. The van der Waals surface area contributed by atoms with E-state index in [1.54, 1.807) is 0 Å². The Morgan fingerprint density at radius 1 is 1.53 bits per heavy atom. The fourth-order valence-electron chi connectivity index (χ4n) is 2.58. The summed E-state index contributed by atoms with van der Waals surface area (Å²) in [5.74, 6) is -0.242. The second-order valence-corrected chi connectivity index (χ2v) is 5.74. The van der Waals surface area contributed by atoms with Crippen LogP contribution in [0.15, 0.2) is 0 Å². The van der Waals surface area contributed by atoms with Crippen LogP contribution in [0.3, 0.4) is 0 Å². The van der Waals surface area contributed by atoms with Crippen LogP contribution < -0.4 is 16.4 Å². The van der Waals surface area contributed by atoms with Gasteiger partial charge in [-0.15, -0.1) is 0 Å². The van der Waals surface area contributed by atoms with E-state index >= 15 is 0 Å². The van der Waals surface area contributed by atoms with Gasteiger partial charge in [0.05, 0.1) is 0 Å². The lowest BCUT2D eigenvalue weighted by molar-refractivity contribution is 0.100. The van der Waals surface area contributed by atoms with Crippen LogP contribution in [0.1, 0.15) is 30.1 Å². The van der Waals surface area contributed by atoms with Gasteiger partial charge < -0.3 is 21.3 Å². The van der Waals surface area contributed by atoms with Crippen molar-refractivity contribution in [2.75, 3.05) is 37.3 Å². The number of aromatic nitrogens is 1. The Hall–Kier alpha value is -1.34. The maximum Gasteiger partial charge on any atom is 0.255 e. The third-order valence-electron chi connectivity index (χ3n) is 3.58. The Morgan fingerprint density at radius 2 is 2.26 bits per heavy atom. The Bertz CT molecular complexity index is 461. The molecule has 1 aliphatic heterocycles. The Kier molecular flexibility index (Phi) is 4.26. The van der Waals surface area contributed by atoms with Gasteiger partial charge in [-0.3, -0.25) is 4.79 Å². The summed E-state index contributed by atoms with van der Waals surface area (Å²) in [5.41, 5.74) is 11.6. The van der Waals surface area contributed by atoms with Gasteiger partial charge in [-0.25, -0.2) is 0 Å². The molecule has 1 amide bonds. The van der Waals surface area contributed by atoms with Crippen LogP contribution in [0.4, 0.5) is 10.8 Å². The molecule has 1 fully saturated rings. The summed E-state index contributed by atoms with van der Waals surface area (Å²) >= 11 is 1.27. The number of anilines is 2. The number of nitrogens with two attached hydrogens (primary N) is 2. The fraction of sp³-hybridized carbons (Fsp3) is 0.667. The molecule has 0 spiro atoms. The first kappa shape index (κ1) is 14.1. The monoisotopic (exact) mass is 283 g/mol. The van der Waals surface area contributed by atoms with Crippen molar-refractivity contribution >= 4 is 28.3 Å². The molecule has 1 aromatic heterocycles. The van der Waals surface area contributed by atoms with Crippen LogP contribution in [-0.4, -0.2) is 47.9 Å². The van der Waals surface area contributed by atoms with Crippen molar-refractivity contribution in [3.05, 3.63) is 5.56 Å². The van der Waals surface area contributed by atoms with E-state index in [0.717, 1.165) is 37.5 Å². The van der Waals surface area contributed by atoms with Crippen molar-refractivity contribution in [1.82, 2.24) is 9.27 Å². The normalized spacial score (nSPS) is 21.4. The van der Waals surface area contributed by atoms with Crippen molar-refractivity contribution in [3.8, 4) is 0 Å². The number of amides is 1. The summed E-state index contributed by atoms with van der Waals surface area (Å²) in [4.78, 5) is 16.1. The van der Waals surface area contributed by atoms with Crippen LogP contribution in [0.25, 0.3) is 0 Å². The number of primary amides is 1. The molecule has 2 heterocycles. The van der Waals surface area contributed by atoms with Crippen LogP contribution in [0.5, 0.6) is 0 Å². The van der Waals surface area contributed by atoms with E-state index in [1.165, 1.54) is 11.5 Å². The lowest BCUT2D eigenvalue weighted by Gasteiger charge is -2.31. The Balaban J connectivity index is 2.35. The zero-order chi connectivity index (χ0) is 14.0. The van der Waals surface area contributed by atoms with E-state index in [-0.39, 0.29) is 5.82 Å². The molecule has 0 saturated carbocycles. The maximum atomic E-state index is 11.6. The quantitative estimate of drug-likeness (QED) is 0.854. The molecule has 2 rings (SSSR count). The predicted octanol–water partition coefficient (Wildman–Crippen LogP) is 0.745. The third-order valence-corrected chi connectivity index (χ3v) is 4.48. The average molecular weight is 283 g/mol. The number of hydrogen-bond acceptors (Lipinski definition) is 6. The number of carbonyl (C=O) groups is 1. The molecule has 1 unspecified atom stereocenters. The highest BCUT2D eigenvalue weighted by Crippen LogP contribution is 2.33. The van der Waals surface area contributed by atoms with E-state index in [0.29, 0.717) is 11.6 Å². The molecule has 0 bridgehead atoms. The minimum absolute atomic E-state index is 0.250. The Labute approximate surface area is 117 Å². The van der Waals surface area contributed by atoms with Crippen molar-refractivity contribution < 1.29 is 4.79 Å². The topological polar surface area (TPSA) is 88.5 Å². The van der Waals surface area contributed by atoms with Crippen LogP contribution in [0.2, 0.25) is 0 Å². The highest BCUT2D eigenvalue weighted by Gasteiger charge is 2.28. The number of nitrogens with zero attached hydrogens (tertiary/aromatic N) is 3. The van der Waals surface area contributed by atoms with Gasteiger partial charge >= 0.3 is 0 Å². The molecule has 0 aliphatic carbocycles. The lowest BCUT2D eigenvalue weighted by atomic mass is 10.1. The van der Waals surface area contributed by atoms with Gasteiger partial charge in [0, 0.05) is 19.1 Å². The number of likely N-dealkylation sites (N-methyl/N-ethyl adjacent to an activating group) is 1. The zero-order valence-corrected chi connectivity index (χ0v) is 12.2. The molecule has 1 saturated heterocycles. The first-order valence-electron chi connectivity index (χ1n) is 6.54. The van der Waals surface area contributed by atoms with E-state index < -0.39 is 5.91 Å². The summed E-state index contributed by atoms with van der Waals surface area (Å²) in [6.07, 6.45) is 2.07. The molecule has 7 heteroatoms. The standard InChI is InChI=1S/C12H21N5OS/c1-3-8-7-16(2)5-4-6-17(8)12-9(11(14)18)10(13)15-19-12/h8H,3-7H2,1-2H3,(H2,13,15)(H2,14,18). The van der Waals surface area contributed by atoms with Gasteiger partial charge in [0.2, 0.25) is 0 Å². The largest absolute Gasteiger partial charge is 0.382 e.